The van der Waals surface area contributed by atoms with E-state index in [4.69, 9.17) is 10.8 Å². The zero-order valence-corrected chi connectivity index (χ0v) is 10.3. The maximum atomic E-state index is 11.8. The number of unbranched alkanes of at least 4 members (excludes halogenated alkanes) is 1. The van der Waals surface area contributed by atoms with Gasteiger partial charge in [-0.05, 0) is 12.8 Å². The second-order valence-electron chi connectivity index (χ2n) is 3.96. The number of nitrogens with zero attached hydrogens (tertiary/aromatic N) is 1. The lowest BCUT2D eigenvalue weighted by Gasteiger charge is -2.26. The third-order valence-corrected chi connectivity index (χ3v) is 2.67. The van der Waals surface area contributed by atoms with Gasteiger partial charge in [-0.1, -0.05) is 26.7 Å². The molecule has 2 atom stereocenters. The number of amides is 1. The number of carbonyl (C=O) groups excluding carboxylic acids is 1. The molecule has 0 radical (unpaired) electrons. The average Bonchev–Trinajstić information content (AvgIpc) is 2.24. The summed E-state index contributed by atoms with van der Waals surface area (Å²) in [6.07, 6.45) is 2.85. The van der Waals surface area contributed by atoms with Crippen LogP contribution in [0.2, 0.25) is 0 Å². The zero-order chi connectivity index (χ0) is 12.7. The summed E-state index contributed by atoms with van der Waals surface area (Å²) in [7, 11) is 1.50. The molecule has 3 N–H and O–H groups in total. The minimum atomic E-state index is -0.985. The highest BCUT2D eigenvalue weighted by Gasteiger charge is 2.27. The number of carboxylic acid groups (broad SMARTS) is 1. The highest BCUT2D eigenvalue weighted by molar-refractivity contribution is 5.86. The largest absolute Gasteiger partial charge is 0.480 e. The zero-order valence-electron chi connectivity index (χ0n) is 10.3. The summed E-state index contributed by atoms with van der Waals surface area (Å²) >= 11 is 0. The Labute approximate surface area is 96.6 Å². The van der Waals surface area contributed by atoms with Crippen molar-refractivity contribution < 1.29 is 14.7 Å². The van der Waals surface area contributed by atoms with Crippen molar-refractivity contribution in [3.05, 3.63) is 0 Å². The third-order valence-electron chi connectivity index (χ3n) is 2.67. The van der Waals surface area contributed by atoms with Crippen molar-refractivity contribution in [1.29, 1.82) is 0 Å². The van der Waals surface area contributed by atoms with Crippen LogP contribution in [-0.2, 0) is 9.59 Å². The number of likely N-dealkylation sites (N-methyl/N-ethyl adjacent to an activating group) is 1. The molecule has 1 unspecified atom stereocenters. The Morgan fingerprint density at radius 1 is 1.38 bits per heavy atom. The van der Waals surface area contributed by atoms with Gasteiger partial charge in [-0.15, -0.1) is 0 Å². The molecule has 0 aliphatic rings. The fraction of sp³-hybridized carbons (Fsp3) is 0.818. The van der Waals surface area contributed by atoms with Gasteiger partial charge >= 0.3 is 5.97 Å². The topological polar surface area (TPSA) is 83.6 Å². The summed E-state index contributed by atoms with van der Waals surface area (Å²) in [6, 6.07) is -1.36. The SMILES string of the molecule is CCCC[C@H](N)C(=O)N(C)C(CC)C(=O)O. The fourth-order valence-electron chi connectivity index (χ4n) is 1.58. The Kier molecular flexibility index (Phi) is 6.72. The molecule has 0 aromatic rings. The lowest BCUT2D eigenvalue weighted by atomic mass is 10.1. The van der Waals surface area contributed by atoms with E-state index in [1.807, 2.05) is 6.92 Å². The molecule has 0 saturated heterocycles. The summed E-state index contributed by atoms with van der Waals surface area (Å²) in [4.78, 5) is 23.9. The standard InChI is InChI=1S/C11H22N2O3/c1-4-6-7-8(12)10(14)13(3)9(5-2)11(15)16/h8-9H,4-7,12H2,1-3H3,(H,15,16)/t8-,9?/m0/s1. The van der Waals surface area contributed by atoms with Gasteiger partial charge in [-0.25, -0.2) is 4.79 Å². The van der Waals surface area contributed by atoms with E-state index in [0.717, 1.165) is 12.8 Å². The number of carbonyl (C=O) groups is 2. The van der Waals surface area contributed by atoms with Crippen molar-refractivity contribution in [2.45, 2.75) is 51.6 Å². The van der Waals surface area contributed by atoms with Crippen LogP contribution in [0.25, 0.3) is 0 Å². The molecule has 16 heavy (non-hydrogen) atoms. The minimum absolute atomic E-state index is 0.289. The van der Waals surface area contributed by atoms with Gasteiger partial charge in [0.25, 0.3) is 0 Å². The van der Waals surface area contributed by atoms with E-state index in [-0.39, 0.29) is 5.91 Å². The molecule has 0 rings (SSSR count). The van der Waals surface area contributed by atoms with E-state index in [9.17, 15) is 9.59 Å². The molecule has 94 valence electrons. The first-order chi connectivity index (χ1) is 7.45. The maximum Gasteiger partial charge on any atom is 0.326 e. The summed E-state index contributed by atoms with van der Waals surface area (Å²) in [5.74, 6) is -1.27. The predicted molar refractivity (Wildman–Crippen MR) is 62.0 cm³/mol. The van der Waals surface area contributed by atoms with Gasteiger partial charge in [0.1, 0.15) is 6.04 Å². The monoisotopic (exact) mass is 230 g/mol. The maximum absolute atomic E-state index is 11.8. The molecule has 0 heterocycles. The van der Waals surface area contributed by atoms with Gasteiger partial charge in [-0.3, -0.25) is 4.79 Å². The number of carboxylic acids is 1. The van der Waals surface area contributed by atoms with E-state index in [0.29, 0.717) is 12.8 Å². The van der Waals surface area contributed by atoms with Gasteiger partial charge in [0.05, 0.1) is 6.04 Å². The molecule has 5 nitrogen and oxygen atoms in total. The minimum Gasteiger partial charge on any atom is -0.480 e. The average molecular weight is 230 g/mol. The van der Waals surface area contributed by atoms with Crippen LogP contribution in [0.4, 0.5) is 0 Å². The fourth-order valence-corrected chi connectivity index (χ4v) is 1.58. The number of hydrogen-bond acceptors (Lipinski definition) is 3. The van der Waals surface area contributed by atoms with E-state index in [2.05, 4.69) is 0 Å². The van der Waals surface area contributed by atoms with E-state index in [1.165, 1.54) is 11.9 Å². The Hall–Kier alpha value is -1.10. The normalized spacial score (nSPS) is 14.2. The highest BCUT2D eigenvalue weighted by atomic mass is 16.4. The van der Waals surface area contributed by atoms with Crippen molar-refractivity contribution >= 4 is 11.9 Å². The molecule has 5 heteroatoms. The molecular formula is C11H22N2O3. The summed E-state index contributed by atoms with van der Waals surface area (Å²) in [5.41, 5.74) is 5.71. The summed E-state index contributed by atoms with van der Waals surface area (Å²) in [6.45, 7) is 3.76. The third kappa shape index (κ3) is 4.18. The second-order valence-corrected chi connectivity index (χ2v) is 3.96. The number of nitrogens with two attached hydrogens (primary N) is 1. The predicted octanol–water partition coefficient (Wildman–Crippen LogP) is 0.825. The van der Waals surface area contributed by atoms with Crippen LogP contribution in [0.3, 0.4) is 0 Å². The lowest BCUT2D eigenvalue weighted by Crippen LogP contribution is -2.49. The Balaban J connectivity index is 4.40. The molecule has 0 aromatic heterocycles. The molecule has 0 spiro atoms. The first kappa shape index (κ1) is 14.9. The highest BCUT2D eigenvalue weighted by Crippen LogP contribution is 2.07. The van der Waals surface area contributed by atoms with Gasteiger partial charge in [0, 0.05) is 7.05 Å². The first-order valence-corrected chi connectivity index (χ1v) is 5.70. The van der Waals surface area contributed by atoms with Gasteiger partial charge in [-0.2, -0.15) is 0 Å². The van der Waals surface area contributed by atoms with Crippen molar-refractivity contribution in [3.63, 3.8) is 0 Å². The van der Waals surface area contributed by atoms with Crippen LogP contribution in [0.1, 0.15) is 39.5 Å². The van der Waals surface area contributed by atoms with Crippen LogP contribution in [0.5, 0.6) is 0 Å². The smallest absolute Gasteiger partial charge is 0.326 e. The molecule has 0 aliphatic heterocycles. The molecule has 0 aromatic carbocycles. The first-order valence-electron chi connectivity index (χ1n) is 5.70. The van der Waals surface area contributed by atoms with E-state index in [1.54, 1.807) is 6.92 Å². The van der Waals surface area contributed by atoms with Crippen LogP contribution in [-0.4, -0.2) is 41.0 Å². The second kappa shape index (κ2) is 7.22. The van der Waals surface area contributed by atoms with Crippen LogP contribution < -0.4 is 5.73 Å². The number of rotatable bonds is 7. The van der Waals surface area contributed by atoms with E-state index < -0.39 is 18.1 Å². The molecule has 0 aliphatic carbocycles. The van der Waals surface area contributed by atoms with Crippen LogP contribution >= 0.6 is 0 Å². The van der Waals surface area contributed by atoms with Crippen molar-refractivity contribution in [2.75, 3.05) is 7.05 Å². The van der Waals surface area contributed by atoms with Crippen LogP contribution in [0.15, 0.2) is 0 Å². The Bertz CT molecular complexity index is 243. The van der Waals surface area contributed by atoms with Crippen molar-refractivity contribution in [2.24, 2.45) is 5.73 Å². The number of aliphatic carboxylic acids is 1. The molecule has 1 amide bonds. The quantitative estimate of drug-likeness (QED) is 0.678. The van der Waals surface area contributed by atoms with Crippen molar-refractivity contribution in [1.82, 2.24) is 4.90 Å². The molecule has 0 bridgehead atoms. The van der Waals surface area contributed by atoms with Gasteiger partial charge in [0.15, 0.2) is 0 Å². The molecule has 0 saturated carbocycles. The summed E-state index contributed by atoms with van der Waals surface area (Å²) in [5, 5.41) is 8.92. The van der Waals surface area contributed by atoms with E-state index >= 15 is 0 Å². The van der Waals surface area contributed by atoms with Crippen molar-refractivity contribution in [3.8, 4) is 0 Å². The lowest BCUT2D eigenvalue weighted by molar-refractivity contribution is -0.149. The summed E-state index contributed by atoms with van der Waals surface area (Å²) < 4.78 is 0. The van der Waals surface area contributed by atoms with Gasteiger partial charge in [0.2, 0.25) is 5.91 Å². The van der Waals surface area contributed by atoms with Gasteiger partial charge < -0.3 is 15.7 Å². The Morgan fingerprint density at radius 3 is 2.31 bits per heavy atom. The Morgan fingerprint density at radius 2 is 1.94 bits per heavy atom. The van der Waals surface area contributed by atoms with Crippen LogP contribution in [0, 0.1) is 0 Å². The number of hydrogen-bond donors (Lipinski definition) is 2. The molecule has 0 fully saturated rings. The molecular weight excluding hydrogens is 208 g/mol.